The normalized spacial score (nSPS) is 14.7. The second-order valence-corrected chi connectivity index (χ2v) is 13.3. The van der Waals surface area contributed by atoms with Crippen molar-refractivity contribution < 1.29 is 35.0 Å². The van der Waals surface area contributed by atoms with E-state index in [1.54, 1.807) is 19.1 Å². The van der Waals surface area contributed by atoms with E-state index in [-0.39, 0.29) is 28.1 Å². The lowest BCUT2D eigenvalue weighted by molar-refractivity contribution is -0.0500. The zero-order chi connectivity index (χ0) is 33.6. The first-order valence-corrected chi connectivity index (χ1v) is 16.3. The number of fused-ring (bicyclic) bond motifs is 1. The average Bonchev–Trinajstić information content (AvgIpc) is 3.00. The van der Waals surface area contributed by atoms with Gasteiger partial charge in [0.15, 0.2) is 17.5 Å². The Morgan fingerprint density at radius 1 is 1.09 bits per heavy atom. The van der Waals surface area contributed by atoms with Crippen molar-refractivity contribution in [3.8, 4) is 17.0 Å². The predicted octanol–water partition coefficient (Wildman–Crippen LogP) is 7.98. The Bertz CT molecular complexity index is 2010. The molecule has 0 saturated carbocycles. The smallest absolute Gasteiger partial charge is 0.440 e. The number of hydrogen-bond donors (Lipinski definition) is 1. The number of aromatic nitrogens is 1. The zero-order valence-corrected chi connectivity index (χ0v) is 27.1. The van der Waals surface area contributed by atoms with Gasteiger partial charge in [-0.3, -0.25) is 9.59 Å². The van der Waals surface area contributed by atoms with Crippen LogP contribution < -0.4 is 19.8 Å². The molecule has 4 aromatic rings. The Kier molecular flexibility index (Phi) is 9.31. The molecule has 0 radical (unpaired) electrons. The number of piperidine rings is 1. The maximum Gasteiger partial charge on any atom is 0.534 e. The lowest BCUT2D eigenvalue weighted by Crippen LogP contribution is -2.31. The summed E-state index contributed by atoms with van der Waals surface area (Å²) >= 11 is 12.4. The Morgan fingerprint density at radius 3 is 2.43 bits per heavy atom. The van der Waals surface area contributed by atoms with Crippen LogP contribution in [0.4, 0.5) is 24.7 Å². The molecule has 1 N–H and O–H groups in total. The fraction of sp³-hybridized carbons (Fsp3) is 0.323. The van der Waals surface area contributed by atoms with Gasteiger partial charge in [-0.2, -0.15) is 21.6 Å². The van der Waals surface area contributed by atoms with Crippen molar-refractivity contribution in [2.75, 3.05) is 23.3 Å². The fourth-order valence-electron chi connectivity index (χ4n) is 5.44. The molecule has 2 aromatic carbocycles. The predicted molar refractivity (Wildman–Crippen MR) is 171 cm³/mol. The summed E-state index contributed by atoms with van der Waals surface area (Å²) in [7, 11) is -6.11. The molecule has 0 spiro atoms. The van der Waals surface area contributed by atoms with E-state index in [1.165, 1.54) is 6.07 Å². The first kappa shape index (κ1) is 33.6. The second-order valence-electron chi connectivity index (χ2n) is 11.0. The van der Waals surface area contributed by atoms with E-state index in [0.717, 1.165) is 50.0 Å². The molecule has 5 rings (SSSR count). The highest BCUT2D eigenvalue weighted by Crippen LogP contribution is 2.40. The topological polar surface area (TPSA) is 119 Å². The van der Waals surface area contributed by atoms with Gasteiger partial charge >= 0.3 is 15.6 Å². The zero-order valence-electron chi connectivity index (χ0n) is 24.8. The lowest BCUT2D eigenvalue weighted by Gasteiger charge is -2.29. The number of nitrogens with one attached hydrogen (secondary N) is 1. The van der Waals surface area contributed by atoms with E-state index in [0.29, 0.717) is 33.7 Å². The van der Waals surface area contributed by atoms with Gasteiger partial charge in [-0.25, -0.2) is 4.98 Å². The summed E-state index contributed by atoms with van der Waals surface area (Å²) in [6.45, 7) is 7.03. The molecule has 0 bridgehead atoms. The van der Waals surface area contributed by atoms with Crippen molar-refractivity contribution in [1.82, 2.24) is 4.98 Å². The Morgan fingerprint density at radius 2 is 1.78 bits per heavy atom. The van der Waals surface area contributed by atoms with Gasteiger partial charge in [-0.15, -0.1) is 0 Å². The van der Waals surface area contributed by atoms with Crippen molar-refractivity contribution in [2.24, 2.45) is 0 Å². The number of hydrogen-bond acceptors (Lipinski definition) is 9. The molecule has 1 unspecified atom stereocenters. The molecule has 1 saturated heterocycles. The van der Waals surface area contributed by atoms with Crippen LogP contribution in [0.1, 0.15) is 59.3 Å². The summed E-state index contributed by atoms with van der Waals surface area (Å²) in [4.78, 5) is 31.8. The Labute approximate surface area is 272 Å². The molecule has 3 heterocycles. The maximum absolute atomic E-state index is 13.5. The van der Waals surface area contributed by atoms with Crippen molar-refractivity contribution in [1.29, 1.82) is 0 Å². The highest BCUT2D eigenvalue weighted by atomic mass is 35.5. The van der Waals surface area contributed by atoms with Gasteiger partial charge in [-0.1, -0.05) is 29.3 Å². The number of nitrogens with zero attached hydrogens (tertiary/aromatic N) is 2. The SMILES string of the molecule is Cc1cc(C(C)Nc2ccc(Cl)nc2-c2cc(Cl)c(OS(=O)(=O)C(F)(F)F)c(C=O)c2)c2oc(N3CCCCC3)c(C)c(=O)c2c1. The number of anilines is 2. The molecule has 0 aliphatic carbocycles. The highest BCUT2D eigenvalue weighted by Gasteiger charge is 2.49. The first-order valence-electron chi connectivity index (χ1n) is 14.2. The van der Waals surface area contributed by atoms with Gasteiger partial charge in [0.05, 0.1) is 39.0 Å². The van der Waals surface area contributed by atoms with Gasteiger partial charge in [-0.05, 0) is 75.9 Å². The van der Waals surface area contributed by atoms with Gasteiger partial charge in [0, 0.05) is 24.2 Å². The third-order valence-corrected chi connectivity index (χ3v) is 9.10. The summed E-state index contributed by atoms with van der Waals surface area (Å²) in [6.07, 6.45) is 3.21. The summed E-state index contributed by atoms with van der Waals surface area (Å²) < 4.78 is 72.8. The van der Waals surface area contributed by atoms with E-state index >= 15 is 0 Å². The largest absolute Gasteiger partial charge is 0.534 e. The molecule has 2 aromatic heterocycles. The van der Waals surface area contributed by atoms with E-state index < -0.39 is 38.0 Å². The van der Waals surface area contributed by atoms with Crippen LogP contribution in [0.25, 0.3) is 22.2 Å². The standard InChI is InChI=1S/C31H28Cl2F3N3O6S/c1-16-11-21(29-22(12-16)27(41)17(2)30(44-29)39-9-5-4-6-10-39)18(3)37-24-7-8-25(33)38-26(24)19-13-20(15-40)28(23(32)14-19)45-46(42,43)31(34,35)36/h7-8,11-15,18,37H,4-6,9-10H2,1-3H3. The fourth-order valence-corrected chi connectivity index (χ4v) is 6.40. The average molecular weight is 699 g/mol. The molecular formula is C31H28Cl2F3N3O6S. The van der Waals surface area contributed by atoms with Crippen molar-refractivity contribution in [3.63, 3.8) is 0 Å². The number of carbonyl (C=O) groups is 1. The summed E-state index contributed by atoms with van der Waals surface area (Å²) in [5.41, 5.74) is -3.32. The molecule has 0 amide bonds. The molecule has 1 aliphatic rings. The minimum atomic E-state index is -6.11. The van der Waals surface area contributed by atoms with Crippen LogP contribution >= 0.6 is 23.2 Å². The van der Waals surface area contributed by atoms with Crippen molar-refractivity contribution in [3.05, 3.63) is 79.1 Å². The van der Waals surface area contributed by atoms with E-state index in [9.17, 15) is 31.2 Å². The van der Waals surface area contributed by atoms with E-state index in [4.69, 9.17) is 27.6 Å². The van der Waals surface area contributed by atoms with Crippen molar-refractivity contribution >= 4 is 62.1 Å². The van der Waals surface area contributed by atoms with E-state index in [1.807, 2.05) is 19.9 Å². The summed E-state index contributed by atoms with van der Waals surface area (Å²) in [5.74, 6) is -0.446. The minimum Gasteiger partial charge on any atom is -0.440 e. The molecule has 1 atom stereocenters. The Hall–Kier alpha value is -3.81. The number of rotatable bonds is 8. The lowest BCUT2D eigenvalue weighted by atomic mass is 9.99. The van der Waals surface area contributed by atoms with Crippen LogP contribution in [0.15, 0.2) is 45.6 Å². The third-order valence-electron chi connectivity index (χ3n) is 7.66. The van der Waals surface area contributed by atoms with Gasteiger partial charge in [0.25, 0.3) is 0 Å². The molecule has 9 nitrogen and oxygen atoms in total. The third kappa shape index (κ3) is 6.53. The van der Waals surface area contributed by atoms with Crippen LogP contribution in [0, 0.1) is 13.8 Å². The molecule has 1 aliphatic heterocycles. The number of benzene rings is 2. The highest BCUT2D eigenvalue weighted by molar-refractivity contribution is 7.88. The number of halogens is 5. The van der Waals surface area contributed by atoms with Crippen LogP contribution in [0.2, 0.25) is 10.2 Å². The summed E-state index contributed by atoms with van der Waals surface area (Å²) in [6, 6.07) is 8.49. The van der Waals surface area contributed by atoms with E-state index in [2.05, 4.69) is 19.4 Å². The summed E-state index contributed by atoms with van der Waals surface area (Å²) in [5, 5.41) is 3.23. The van der Waals surface area contributed by atoms with Crippen LogP contribution in [-0.2, 0) is 10.1 Å². The van der Waals surface area contributed by atoms with Gasteiger partial charge in [0.2, 0.25) is 5.88 Å². The molecule has 244 valence electrons. The quantitative estimate of drug-likeness (QED) is 0.0846. The number of aldehydes is 1. The second kappa shape index (κ2) is 12.8. The van der Waals surface area contributed by atoms with Crippen LogP contribution in [0.3, 0.4) is 0 Å². The molecule has 15 heteroatoms. The number of alkyl halides is 3. The first-order chi connectivity index (χ1) is 21.6. The van der Waals surface area contributed by atoms with Crippen molar-refractivity contribution in [2.45, 2.75) is 51.6 Å². The molecule has 46 heavy (non-hydrogen) atoms. The maximum atomic E-state index is 13.5. The number of aryl methyl sites for hydroxylation is 1. The molecular weight excluding hydrogens is 670 g/mol. The van der Waals surface area contributed by atoms with Gasteiger partial charge in [0.1, 0.15) is 10.7 Å². The Balaban J connectivity index is 1.58. The number of pyridine rings is 1. The van der Waals surface area contributed by atoms with Crippen LogP contribution in [0.5, 0.6) is 5.75 Å². The number of carbonyl (C=O) groups excluding carboxylic acids is 1. The monoisotopic (exact) mass is 697 g/mol. The van der Waals surface area contributed by atoms with Crippen LogP contribution in [-0.4, -0.2) is 38.3 Å². The molecule has 1 fully saturated rings. The minimum absolute atomic E-state index is 0.0469. The van der Waals surface area contributed by atoms with Gasteiger partial charge < -0.3 is 18.8 Å².